The molecule has 7 nitrogen and oxygen atoms in total. The summed E-state index contributed by atoms with van der Waals surface area (Å²) in [5.41, 5.74) is 4.20. The van der Waals surface area contributed by atoms with Crippen LogP contribution in [-0.4, -0.2) is 29.1 Å². The van der Waals surface area contributed by atoms with Crippen molar-refractivity contribution < 1.29 is 18.8 Å². The summed E-state index contributed by atoms with van der Waals surface area (Å²) >= 11 is 6.24. The molecule has 4 aromatic rings. The number of hydrogen-bond acceptors (Lipinski definition) is 6. The second-order valence-electron chi connectivity index (χ2n) is 7.01. The Hall–Kier alpha value is -3.71. The molecule has 4 rings (SSSR count). The highest BCUT2D eigenvalue weighted by molar-refractivity contribution is 6.34. The van der Waals surface area contributed by atoms with Crippen molar-refractivity contribution in [3.63, 3.8) is 0 Å². The molecule has 0 bridgehead atoms. The number of aromatic nitrogens is 2. The van der Waals surface area contributed by atoms with Crippen molar-refractivity contribution >= 4 is 40.3 Å². The zero-order valence-electron chi connectivity index (χ0n) is 17.0. The number of methoxy groups -OCH3 is 1. The number of hydrogen-bond donors (Lipinski definition) is 1. The number of nitrogens with zero attached hydrogens (tertiary/aromatic N) is 2. The van der Waals surface area contributed by atoms with E-state index in [4.69, 9.17) is 20.9 Å². The van der Waals surface area contributed by atoms with Crippen LogP contribution in [-0.2, 0) is 4.74 Å². The minimum atomic E-state index is -0.532. The zero-order chi connectivity index (χ0) is 22.1. The molecule has 1 N–H and O–H groups in total. The van der Waals surface area contributed by atoms with Crippen molar-refractivity contribution in [1.82, 2.24) is 10.1 Å². The molecule has 0 saturated heterocycles. The van der Waals surface area contributed by atoms with E-state index in [1.807, 2.05) is 31.2 Å². The van der Waals surface area contributed by atoms with E-state index in [1.165, 1.54) is 25.3 Å². The Balaban J connectivity index is 1.78. The molecule has 0 fully saturated rings. The van der Waals surface area contributed by atoms with Crippen LogP contribution >= 0.6 is 11.6 Å². The summed E-state index contributed by atoms with van der Waals surface area (Å²) in [7, 11) is 1.28. The van der Waals surface area contributed by atoms with Gasteiger partial charge >= 0.3 is 5.97 Å². The summed E-state index contributed by atoms with van der Waals surface area (Å²) in [6.45, 7) is 3.73. The third kappa shape index (κ3) is 4.00. The minimum absolute atomic E-state index is 0.259. The maximum absolute atomic E-state index is 13.2. The zero-order valence-corrected chi connectivity index (χ0v) is 17.8. The van der Waals surface area contributed by atoms with Crippen LogP contribution in [0.1, 0.15) is 32.0 Å². The molecule has 0 unspecified atom stereocenters. The van der Waals surface area contributed by atoms with Crippen molar-refractivity contribution in [3.8, 4) is 11.3 Å². The number of nitrogens with one attached hydrogen (secondary N) is 1. The van der Waals surface area contributed by atoms with Gasteiger partial charge in [0.25, 0.3) is 11.6 Å². The lowest BCUT2D eigenvalue weighted by Crippen LogP contribution is -2.14. The van der Waals surface area contributed by atoms with E-state index in [0.29, 0.717) is 22.3 Å². The van der Waals surface area contributed by atoms with Crippen molar-refractivity contribution in [2.24, 2.45) is 0 Å². The van der Waals surface area contributed by atoms with Crippen molar-refractivity contribution in [1.29, 1.82) is 0 Å². The maximum atomic E-state index is 13.2. The van der Waals surface area contributed by atoms with E-state index in [2.05, 4.69) is 15.5 Å². The summed E-state index contributed by atoms with van der Waals surface area (Å²) in [5, 5.41) is 7.52. The second kappa shape index (κ2) is 8.20. The molecule has 8 heteroatoms. The van der Waals surface area contributed by atoms with Gasteiger partial charge in [-0.1, -0.05) is 46.6 Å². The molecule has 0 aliphatic rings. The third-order valence-corrected chi connectivity index (χ3v) is 5.17. The number of carbonyl (C=O) groups excluding carboxylic acids is 2. The predicted octanol–water partition coefficient (Wildman–Crippen LogP) is 5.20. The quantitative estimate of drug-likeness (QED) is 0.443. The van der Waals surface area contributed by atoms with Crippen molar-refractivity contribution in [2.45, 2.75) is 13.8 Å². The third-order valence-electron chi connectivity index (χ3n) is 4.84. The highest BCUT2D eigenvalue weighted by Gasteiger charge is 2.21. The molecule has 2 aromatic carbocycles. The number of benzene rings is 2. The molecule has 156 valence electrons. The Bertz CT molecular complexity index is 1310. The van der Waals surface area contributed by atoms with Gasteiger partial charge in [-0.05, 0) is 38.1 Å². The van der Waals surface area contributed by atoms with Gasteiger partial charge in [0.2, 0.25) is 0 Å². The van der Waals surface area contributed by atoms with Gasteiger partial charge in [0.1, 0.15) is 0 Å². The molecule has 2 aromatic heterocycles. The Morgan fingerprint density at radius 1 is 1.06 bits per heavy atom. The minimum Gasteiger partial charge on any atom is -0.465 e. The molecule has 0 aliphatic heterocycles. The van der Waals surface area contributed by atoms with Gasteiger partial charge in [0.15, 0.2) is 0 Å². The Labute approximate surface area is 183 Å². The van der Waals surface area contributed by atoms with Crippen LogP contribution in [0.3, 0.4) is 0 Å². The lowest BCUT2D eigenvalue weighted by molar-refractivity contribution is 0.0600. The Morgan fingerprint density at radius 2 is 1.81 bits per heavy atom. The Kier molecular flexibility index (Phi) is 5.44. The van der Waals surface area contributed by atoms with E-state index >= 15 is 0 Å². The standard InChI is InChI=1S/C23H18ClN3O4/c1-12-4-6-14(7-5-12)18-11-16(20-13(2)27-31-22(20)26-18)21(28)25-19-10-15(23(29)30-3)8-9-17(19)24/h4-11H,1-3H3,(H,25,28). The summed E-state index contributed by atoms with van der Waals surface area (Å²) in [4.78, 5) is 29.6. The number of amides is 1. The lowest BCUT2D eigenvalue weighted by atomic mass is 10.0. The predicted molar refractivity (Wildman–Crippen MR) is 117 cm³/mol. The van der Waals surface area contributed by atoms with Gasteiger partial charge in [0.05, 0.1) is 45.7 Å². The highest BCUT2D eigenvalue weighted by Crippen LogP contribution is 2.29. The number of anilines is 1. The number of aryl methyl sites for hydroxylation is 2. The summed E-state index contributed by atoms with van der Waals surface area (Å²) < 4.78 is 10.1. The summed E-state index contributed by atoms with van der Waals surface area (Å²) in [6.07, 6.45) is 0. The molecule has 0 spiro atoms. The average molecular weight is 436 g/mol. The summed E-state index contributed by atoms with van der Waals surface area (Å²) in [5.74, 6) is -0.967. The van der Waals surface area contributed by atoms with Crippen LogP contribution < -0.4 is 5.32 Å². The SMILES string of the molecule is COC(=O)c1ccc(Cl)c(NC(=O)c2cc(-c3ccc(C)cc3)nc3onc(C)c23)c1. The number of carbonyl (C=O) groups is 2. The number of ether oxygens (including phenoxy) is 1. The van der Waals surface area contributed by atoms with Gasteiger partial charge in [-0.2, -0.15) is 0 Å². The molecular weight excluding hydrogens is 418 g/mol. The molecule has 31 heavy (non-hydrogen) atoms. The number of halogens is 1. The van der Waals surface area contributed by atoms with Crippen LogP contribution in [0.5, 0.6) is 0 Å². The molecule has 0 radical (unpaired) electrons. The van der Waals surface area contributed by atoms with Crippen LogP contribution in [0.25, 0.3) is 22.4 Å². The molecular formula is C23H18ClN3O4. The first-order chi connectivity index (χ1) is 14.9. The van der Waals surface area contributed by atoms with Crippen LogP contribution in [0.15, 0.2) is 53.1 Å². The topological polar surface area (TPSA) is 94.3 Å². The van der Waals surface area contributed by atoms with Gasteiger partial charge in [0, 0.05) is 5.56 Å². The molecule has 0 saturated carbocycles. The number of pyridine rings is 1. The Morgan fingerprint density at radius 3 is 2.52 bits per heavy atom. The van der Waals surface area contributed by atoms with E-state index in [-0.39, 0.29) is 22.0 Å². The molecule has 0 aliphatic carbocycles. The van der Waals surface area contributed by atoms with Gasteiger partial charge in [-0.15, -0.1) is 0 Å². The van der Waals surface area contributed by atoms with E-state index in [1.54, 1.807) is 13.0 Å². The van der Waals surface area contributed by atoms with E-state index in [0.717, 1.165) is 11.1 Å². The van der Waals surface area contributed by atoms with Gasteiger partial charge in [-0.3, -0.25) is 4.79 Å². The molecule has 1 amide bonds. The van der Waals surface area contributed by atoms with E-state index < -0.39 is 11.9 Å². The van der Waals surface area contributed by atoms with Crippen LogP contribution in [0, 0.1) is 13.8 Å². The molecule has 0 atom stereocenters. The normalized spacial score (nSPS) is 10.8. The number of fused-ring (bicyclic) bond motifs is 1. The smallest absolute Gasteiger partial charge is 0.337 e. The lowest BCUT2D eigenvalue weighted by Gasteiger charge is -2.11. The van der Waals surface area contributed by atoms with Gasteiger partial charge in [-0.25, -0.2) is 9.78 Å². The average Bonchev–Trinajstić information content (AvgIpc) is 3.15. The number of esters is 1. The fraction of sp³-hybridized carbons (Fsp3) is 0.130. The van der Waals surface area contributed by atoms with Gasteiger partial charge < -0.3 is 14.6 Å². The fourth-order valence-electron chi connectivity index (χ4n) is 3.20. The first-order valence-corrected chi connectivity index (χ1v) is 9.78. The first-order valence-electron chi connectivity index (χ1n) is 9.40. The van der Waals surface area contributed by atoms with Crippen LogP contribution in [0.2, 0.25) is 5.02 Å². The summed E-state index contributed by atoms with van der Waals surface area (Å²) in [6, 6.07) is 14.0. The fourth-order valence-corrected chi connectivity index (χ4v) is 3.37. The first kappa shape index (κ1) is 20.6. The maximum Gasteiger partial charge on any atom is 0.337 e. The highest BCUT2D eigenvalue weighted by atomic mass is 35.5. The molecule has 2 heterocycles. The second-order valence-corrected chi connectivity index (χ2v) is 7.42. The largest absolute Gasteiger partial charge is 0.465 e. The van der Waals surface area contributed by atoms with Crippen LogP contribution in [0.4, 0.5) is 5.69 Å². The monoisotopic (exact) mass is 435 g/mol. The van der Waals surface area contributed by atoms with Crippen molar-refractivity contribution in [2.75, 3.05) is 12.4 Å². The number of rotatable bonds is 4. The van der Waals surface area contributed by atoms with E-state index in [9.17, 15) is 9.59 Å². The van der Waals surface area contributed by atoms with Crippen molar-refractivity contribution in [3.05, 3.63) is 75.9 Å².